The van der Waals surface area contributed by atoms with Crippen LogP contribution in [0.4, 0.5) is 5.69 Å². The first-order valence-corrected chi connectivity index (χ1v) is 9.84. The van der Waals surface area contributed by atoms with Crippen molar-refractivity contribution in [1.82, 2.24) is 19.9 Å². The van der Waals surface area contributed by atoms with Crippen molar-refractivity contribution < 1.29 is 9.59 Å². The lowest BCUT2D eigenvalue weighted by atomic mass is 9.94. The standard InChI is InChI=1S/C23H21N5O2/c1-23(2)12-25-22(30)19-10-15-7-8-18(27-20(15)28(19)13-23)21(29)26-16-9-14-5-3-4-6-17(14)24-11-16/h3-11H,12-13H2,1-2H3,(H,25,30)(H,26,29). The monoisotopic (exact) mass is 399 g/mol. The maximum atomic E-state index is 12.9. The highest BCUT2D eigenvalue weighted by Crippen LogP contribution is 2.27. The molecule has 0 spiro atoms. The van der Waals surface area contributed by atoms with Crippen LogP contribution in [0.3, 0.4) is 0 Å². The van der Waals surface area contributed by atoms with E-state index < -0.39 is 0 Å². The second-order valence-corrected chi connectivity index (χ2v) is 8.44. The number of hydrogen-bond donors (Lipinski definition) is 2. The highest BCUT2D eigenvalue weighted by atomic mass is 16.2. The average Bonchev–Trinajstić information content (AvgIpc) is 3.03. The van der Waals surface area contributed by atoms with E-state index in [1.807, 2.05) is 47.0 Å². The molecule has 0 bridgehead atoms. The van der Waals surface area contributed by atoms with Crippen LogP contribution < -0.4 is 10.6 Å². The van der Waals surface area contributed by atoms with Gasteiger partial charge >= 0.3 is 0 Å². The average molecular weight is 399 g/mol. The number of fused-ring (bicyclic) bond motifs is 4. The van der Waals surface area contributed by atoms with Crippen LogP contribution in [-0.4, -0.2) is 32.9 Å². The molecule has 0 saturated heterocycles. The number of hydrogen-bond acceptors (Lipinski definition) is 4. The zero-order valence-corrected chi connectivity index (χ0v) is 16.8. The summed E-state index contributed by atoms with van der Waals surface area (Å²) in [5.41, 5.74) is 2.85. The predicted octanol–water partition coefficient (Wildman–Crippen LogP) is 3.61. The molecule has 4 aromatic rings. The Kier molecular flexibility index (Phi) is 4.06. The van der Waals surface area contributed by atoms with Gasteiger partial charge in [0.15, 0.2) is 0 Å². The van der Waals surface area contributed by atoms with Gasteiger partial charge in [0.2, 0.25) is 0 Å². The Balaban J connectivity index is 1.50. The largest absolute Gasteiger partial charge is 0.350 e. The summed E-state index contributed by atoms with van der Waals surface area (Å²) in [5.74, 6) is -0.436. The van der Waals surface area contributed by atoms with Gasteiger partial charge in [-0.15, -0.1) is 0 Å². The van der Waals surface area contributed by atoms with Crippen molar-refractivity contribution in [3.05, 3.63) is 66.1 Å². The fourth-order valence-electron chi connectivity index (χ4n) is 3.83. The molecular weight excluding hydrogens is 378 g/mol. The van der Waals surface area contributed by atoms with E-state index in [0.717, 1.165) is 16.3 Å². The quantitative estimate of drug-likeness (QED) is 0.539. The van der Waals surface area contributed by atoms with Gasteiger partial charge < -0.3 is 15.2 Å². The van der Waals surface area contributed by atoms with Crippen molar-refractivity contribution in [2.45, 2.75) is 20.4 Å². The van der Waals surface area contributed by atoms with Crippen molar-refractivity contribution in [3.63, 3.8) is 0 Å². The number of rotatable bonds is 2. The van der Waals surface area contributed by atoms with Crippen LogP contribution in [0.25, 0.3) is 21.9 Å². The van der Waals surface area contributed by atoms with Gasteiger partial charge in [-0.2, -0.15) is 0 Å². The van der Waals surface area contributed by atoms with E-state index in [4.69, 9.17) is 0 Å². The topological polar surface area (TPSA) is 88.9 Å². The number of anilines is 1. The van der Waals surface area contributed by atoms with Gasteiger partial charge in [-0.3, -0.25) is 14.6 Å². The van der Waals surface area contributed by atoms with E-state index in [0.29, 0.717) is 35.8 Å². The first kappa shape index (κ1) is 18.3. The zero-order chi connectivity index (χ0) is 20.9. The Bertz CT molecular complexity index is 1320. The minimum absolute atomic E-state index is 0.119. The summed E-state index contributed by atoms with van der Waals surface area (Å²) < 4.78 is 1.91. The van der Waals surface area contributed by atoms with Crippen molar-refractivity contribution >= 4 is 39.4 Å². The Labute approximate surface area is 173 Å². The molecule has 0 fully saturated rings. The predicted molar refractivity (Wildman–Crippen MR) is 116 cm³/mol. The summed E-state index contributed by atoms with van der Waals surface area (Å²) in [4.78, 5) is 34.3. The molecular formula is C23H21N5O2. The molecule has 1 aliphatic rings. The molecule has 4 heterocycles. The fourth-order valence-corrected chi connectivity index (χ4v) is 3.83. The Morgan fingerprint density at radius 1 is 1.13 bits per heavy atom. The zero-order valence-electron chi connectivity index (χ0n) is 16.8. The summed E-state index contributed by atoms with van der Waals surface area (Å²) in [7, 11) is 0. The number of carbonyl (C=O) groups excluding carboxylic acids is 2. The first-order chi connectivity index (χ1) is 14.4. The Morgan fingerprint density at radius 3 is 2.83 bits per heavy atom. The molecule has 0 aliphatic carbocycles. The molecule has 3 aromatic heterocycles. The van der Waals surface area contributed by atoms with E-state index in [9.17, 15) is 9.59 Å². The van der Waals surface area contributed by atoms with Crippen LogP contribution in [0.15, 0.2) is 54.7 Å². The number of amides is 2. The third-order valence-corrected chi connectivity index (χ3v) is 5.37. The molecule has 7 nitrogen and oxygen atoms in total. The normalized spacial score (nSPS) is 15.5. The minimum Gasteiger partial charge on any atom is -0.350 e. The van der Waals surface area contributed by atoms with Crippen LogP contribution >= 0.6 is 0 Å². The van der Waals surface area contributed by atoms with Crippen LogP contribution in [0, 0.1) is 5.41 Å². The lowest BCUT2D eigenvalue weighted by molar-refractivity contribution is 0.0942. The first-order valence-electron chi connectivity index (χ1n) is 9.84. The molecule has 1 aromatic carbocycles. The third-order valence-electron chi connectivity index (χ3n) is 5.37. The summed E-state index contributed by atoms with van der Waals surface area (Å²) in [6.45, 7) is 5.41. The molecule has 0 unspecified atom stereocenters. The van der Waals surface area contributed by atoms with Gasteiger partial charge in [-0.05, 0) is 30.3 Å². The van der Waals surface area contributed by atoms with E-state index in [1.54, 1.807) is 12.3 Å². The number of nitrogens with zero attached hydrogens (tertiary/aromatic N) is 3. The lowest BCUT2D eigenvalue weighted by Crippen LogP contribution is -2.31. The summed E-state index contributed by atoms with van der Waals surface area (Å²) >= 11 is 0. The van der Waals surface area contributed by atoms with Crippen LogP contribution in [0.1, 0.15) is 34.8 Å². The van der Waals surface area contributed by atoms with E-state index in [-0.39, 0.29) is 17.2 Å². The molecule has 2 N–H and O–H groups in total. The number of carbonyl (C=O) groups is 2. The number of nitrogens with one attached hydrogen (secondary N) is 2. The van der Waals surface area contributed by atoms with E-state index in [2.05, 4.69) is 34.4 Å². The number of pyridine rings is 2. The molecule has 0 saturated carbocycles. The van der Waals surface area contributed by atoms with Crippen LogP contribution in [-0.2, 0) is 6.54 Å². The second-order valence-electron chi connectivity index (χ2n) is 8.44. The third kappa shape index (κ3) is 3.18. The molecule has 2 amide bonds. The highest BCUT2D eigenvalue weighted by Gasteiger charge is 2.29. The van der Waals surface area contributed by atoms with E-state index in [1.165, 1.54) is 0 Å². The summed E-state index contributed by atoms with van der Waals surface area (Å²) in [6, 6.07) is 14.9. The SMILES string of the molecule is CC1(C)CNC(=O)c2cc3ccc(C(=O)Nc4cnc5ccccc5c4)nc3n2C1. The van der Waals surface area contributed by atoms with Crippen molar-refractivity contribution in [2.24, 2.45) is 5.41 Å². The summed E-state index contributed by atoms with van der Waals surface area (Å²) in [5, 5.41) is 7.62. The van der Waals surface area contributed by atoms with Crippen LogP contribution in [0.5, 0.6) is 0 Å². The van der Waals surface area contributed by atoms with Gasteiger partial charge in [-0.1, -0.05) is 32.0 Å². The number of benzene rings is 1. The molecule has 7 heteroatoms. The van der Waals surface area contributed by atoms with Gasteiger partial charge in [0, 0.05) is 29.3 Å². The maximum Gasteiger partial charge on any atom is 0.274 e. The molecule has 1 aliphatic heterocycles. The van der Waals surface area contributed by atoms with E-state index >= 15 is 0 Å². The van der Waals surface area contributed by atoms with Gasteiger partial charge in [-0.25, -0.2) is 4.98 Å². The molecule has 5 rings (SSSR count). The number of para-hydroxylation sites is 1. The van der Waals surface area contributed by atoms with Gasteiger partial charge in [0.25, 0.3) is 11.8 Å². The lowest BCUT2D eigenvalue weighted by Gasteiger charge is -2.22. The molecule has 0 radical (unpaired) electrons. The second kappa shape index (κ2) is 6.66. The van der Waals surface area contributed by atoms with Gasteiger partial charge in [0.1, 0.15) is 17.0 Å². The van der Waals surface area contributed by atoms with Crippen LogP contribution in [0.2, 0.25) is 0 Å². The molecule has 0 atom stereocenters. The number of aromatic nitrogens is 3. The highest BCUT2D eigenvalue weighted by molar-refractivity contribution is 6.05. The van der Waals surface area contributed by atoms with Crippen molar-refractivity contribution in [2.75, 3.05) is 11.9 Å². The minimum atomic E-state index is -0.318. The maximum absolute atomic E-state index is 12.9. The Hall–Kier alpha value is -3.74. The van der Waals surface area contributed by atoms with Crippen molar-refractivity contribution in [1.29, 1.82) is 0 Å². The molecule has 30 heavy (non-hydrogen) atoms. The van der Waals surface area contributed by atoms with Crippen molar-refractivity contribution in [3.8, 4) is 0 Å². The smallest absolute Gasteiger partial charge is 0.274 e. The molecule has 150 valence electrons. The van der Waals surface area contributed by atoms with Gasteiger partial charge in [0.05, 0.1) is 17.4 Å². The Morgan fingerprint density at radius 2 is 1.97 bits per heavy atom. The summed E-state index contributed by atoms with van der Waals surface area (Å²) in [6.07, 6.45) is 1.63. The fraction of sp³-hybridized carbons (Fsp3) is 0.217.